The number of amides is 1. The Morgan fingerprint density at radius 1 is 1.18 bits per heavy atom. The van der Waals surface area contributed by atoms with Gasteiger partial charge < -0.3 is 14.7 Å². The summed E-state index contributed by atoms with van der Waals surface area (Å²) in [5, 5.41) is 9.89. The molecule has 8 heteroatoms. The molecule has 1 heterocycles. The van der Waals surface area contributed by atoms with Crippen LogP contribution in [0.5, 0.6) is 5.75 Å². The largest absolute Gasteiger partial charge is 0.497 e. The fraction of sp³-hybridized carbons (Fsp3) is 0.346. The summed E-state index contributed by atoms with van der Waals surface area (Å²) in [6, 6.07) is 16.4. The van der Waals surface area contributed by atoms with Gasteiger partial charge in [0.15, 0.2) is 5.69 Å². The summed E-state index contributed by atoms with van der Waals surface area (Å²) in [5.74, 6) is -0.461. The minimum Gasteiger partial charge on any atom is -0.497 e. The maximum absolute atomic E-state index is 14.9. The van der Waals surface area contributed by atoms with Crippen LogP contribution in [0.1, 0.15) is 56.9 Å². The van der Waals surface area contributed by atoms with E-state index in [1.807, 2.05) is 30.3 Å². The van der Waals surface area contributed by atoms with Crippen LogP contribution in [0.2, 0.25) is 0 Å². The standard InChI is InChI=1S/C26H27FN2O4S/c1-17-23(24(30)31)28-22(34-17)16-29(15-12-21(27)18-6-4-3-5-7-18)25(32)26(13-14-26)19-8-10-20(33-2)11-9-19/h3-11,21H,12-16H2,1-2H3,(H,30,31). The molecule has 0 radical (unpaired) electrons. The minimum absolute atomic E-state index is 0.00339. The van der Waals surface area contributed by atoms with E-state index in [-0.39, 0.29) is 31.1 Å². The molecule has 1 fully saturated rings. The zero-order chi connectivity index (χ0) is 24.3. The summed E-state index contributed by atoms with van der Waals surface area (Å²) >= 11 is 1.25. The molecule has 1 amide bonds. The van der Waals surface area contributed by atoms with Gasteiger partial charge in [0.25, 0.3) is 0 Å². The van der Waals surface area contributed by atoms with E-state index in [0.717, 1.165) is 5.56 Å². The number of aromatic nitrogens is 1. The second-order valence-electron chi connectivity index (χ2n) is 8.52. The Bertz CT molecular complexity index is 1160. The Labute approximate surface area is 202 Å². The minimum atomic E-state index is -1.21. The van der Waals surface area contributed by atoms with Gasteiger partial charge in [-0.1, -0.05) is 42.5 Å². The third-order valence-corrected chi connectivity index (χ3v) is 7.23. The highest BCUT2D eigenvalue weighted by molar-refractivity contribution is 7.11. The van der Waals surface area contributed by atoms with Gasteiger partial charge in [0.1, 0.15) is 16.9 Å². The highest BCUT2D eigenvalue weighted by Gasteiger charge is 2.53. The molecule has 2 aromatic carbocycles. The number of methoxy groups -OCH3 is 1. The van der Waals surface area contributed by atoms with Crippen LogP contribution < -0.4 is 4.74 Å². The number of ether oxygens (including phenoxy) is 1. The first kappa shape index (κ1) is 23.9. The summed E-state index contributed by atoms with van der Waals surface area (Å²) in [5.41, 5.74) is 0.831. The second-order valence-corrected chi connectivity index (χ2v) is 9.81. The molecule has 1 N–H and O–H groups in total. The molecule has 4 rings (SSSR count). The molecule has 1 aliphatic rings. The number of benzene rings is 2. The maximum Gasteiger partial charge on any atom is 0.355 e. The van der Waals surface area contributed by atoms with E-state index in [4.69, 9.17) is 4.74 Å². The Hall–Kier alpha value is -3.26. The fourth-order valence-corrected chi connectivity index (χ4v) is 5.13. The summed E-state index contributed by atoms with van der Waals surface area (Å²) in [6.07, 6.45) is 0.359. The number of carbonyl (C=O) groups excluding carboxylic acids is 1. The number of alkyl halides is 1. The molecule has 0 aliphatic heterocycles. The number of hydrogen-bond donors (Lipinski definition) is 1. The molecule has 0 spiro atoms. The number of aryl methyl sites for hydroxylation is 1. The summed E-state index contributed by atoms with van der Waals surface area (Å²) in [7, 11) is 1.59. The first-order valence-electron chi connectivity index (χ1n) is 11.2. The first-order chi connectivity index (χ1) is 16.3. The normalized spacial score (nSPS) is 14.9. The van der Waals surface area contributed by atoms with Crippen LogP contribution in [0.3, 0.4) is 0 Å². The van der Waals surface area contributed by atoms with Gasteiger partial charge in [-0.05, 0) is 43.0 Å². The number of carboxylic acid groups (broad SMARTS) is 1. The molecule has 1 atom stereocenters. The Morgan fingerprint density at radius 2 is 1.85 bits per heavy atom. The smallest absolute Gasteiger partial charge is 0.355 e. The van der Waals surface area contributed by atoms with Crippen molar-refractivity contribution in [2.45, 2.75) is 44.3 Å². The lowest BCUT2D eigenvalue weighted by Crippen LogP contribution is -2.39. The van der Waals surface area contributed by atoms with Gasteiger partial charge in [-0.2, -0.15) is 0 Å². The van der Waals surface area contributed by atoms with Crippen LogP contribution in [0, 0.1) is 6.92 Å². The van der Waals surface area contributed by atoms with Crippen molar-refractivity contribution >= 4 is 23.2 Å². The average molecular weight is 483 g/mol. The molecule has 1 unspecified atom stereocenters. The van der Waals surface area contributed by atoms with Crippen LogP contribution in [-0.2, 0) is 16.8 Å². The molecule has 178 valence electrons. The van der Waals surface area contributed by atoms with Crippen molar-refractivity contribution in [2.24, 2.45) is 0 Å². The van der Waals surface area contributed by atoms with Crippen molar-refractivity contribution in [2.75, 3.05) is 13.7 Å². The van der Waals surface area contributed by atoms with Crippen molar-refractivity contribution in [3.05, 3.63) is 81.3 Å². The third-order valence-electron chi connectivity index (χ3n) is 6.27. The van der Waals surface area contributed by atoms with Gasteiger partial charge in [-0.25, -0.2) is 14.2 Å². The van der Waals surface area contributed by atoms with Gasteiger partial charge in [-0.15, -0.1) is 11.3 Å². The van der Waals surface area contributed by atoms with Crippen LogP contribution in [0.4, 0.5) is 4.39 Å². The van der Waals surface area contributed by atoms with E-state index in [9.17, 15) is 19.1 Å². The predicted octanol–water partition coefficient (Wildman–Crippen LogP) is 5.32. The Balaban J connectivity index is 1.57. The average Bonchev–Trinajstić information content (AvgIpc) is 3.58. The molecule has 0 bridgehead atoms. The van der Waals surface area contributed by atoms with Crippen LogP contribution in [0.25, 0.3) is 0 Å². The number of rotatable bonds is 10. The predicted molar refractivity (Wildman–Crippen MR) is 128 cm³/mol. The number of halogens is 1. The summed E-state index contributed by atoms with van der Waals surface area (Å²) < 4.78 is 20.2. The van der Waals surface area contributed by atoms with Crippen LogP contribution in [0.15, 0.2) is 54.6 Å². The molecule has 1 aliphatic carbocycles. The van der Waals surface area contributed by atoms with Gasteiger partial charge in [0.2, 0.25) is 5.91 Å². The van der Waals surface area contributed by atoms with Crippen molar-refractivity contribution in [1.29, 1.82) is 0 Å². The second kappa shape index (κ2) is 9.93. The molecule has 3 aromatic rings. The monoisotopic (exact) mass is 482 g/mol. The lowest BCUT2D eigenvalue weighted by molar-refractivity contribution is -0.134. The molecular weight excluding hydrogens is 455 g/mol. The van der Waals surface area contributed by atoms with Gasteiger partial charge in [-0.3, -0.25) is 4.79 Å². The van der Waals surface area contributed by atoms with Gasteiger partial charge >= 0.3 is 5.97 Å². The van der Waals surface area contributed by atoms with Gasteiger partial charge in [0.05, 0.1) is 19.1 Å². The van der Waals surface area contributed by atoms with Crippen molar-refractivity contribution in [1.82, 2.24) is 9.88 Å². The first-order valence-corrected chi connectivity index (χ1v) is 12.0. The van der Waals surface area contributed by atoms with Crippen molar-refractivity contribution in [3.8, 4) is 5.75 Å². The summed E-state index contributed by atoms with van der Waals surface area (Å²) in [6.45, 7) is 2.05. The number of thiazole rings is 1. The van der Waals surface area contributed by atoms with Crippen molar-refractivity contribution < 1.29 is 23.8 Å². The van der Waals surface area contributed by atoms with E-state index in [2.05, 4.69) is 4.98 Å². The molecular formula is C26H27FN2O4S. The van der Waals surface area contributed by atoms with Crippen molar-refractivity contribution in [3.63, 3.8) is 0 Å². The molecule has 6 nitrogen and oxygen atoms in total. The third kappa shape index (κ3) is 4.97. The fourth-order valence-electron chi connectivity index (χ4n) is 4.19. The maximum atomic E-state index is 14.9. The number of hydrogen-bond acceptors (Lipinski definition) is 5. The number of carbonyl (C=O) groups is 2. The molecule has 34 heavy (non-hydrogen) atoms. The highest BCUT2D eigenvalue weighted by Crippen LogP contribution is 2.50. The van der Waals surface area contributed by atoms with E-state index >= 15 is 0 Å². The van der Waals surface area contributed by atoms with Crippen LogP contribution in [-0.4, -0.2) is 40.5 Å². The van der Waals surface area contributed by atoms with E-state index in [0.29, 0.717) is 34.0 Å². The lowest BCUT2D eigenvalue weighted by Gasteiger charge is -2.28. The van der Waals surface area contributed by atoms with E-state index in [1.54, 1.807) is 43.2 Å². The van der Waals surface area contributed by atoms with Crippen LogP contribution >= 0.6 is 11.3 Å². The summed E-state index contributed by atoms with van der Waals surface area (Å²) in [4.78, 5) is 31.7. The molecule has 1 saturated carbocycles. The highest BCUT2D eigenvalue weighted by atomic mass is 32.1. The number of nitrogens with zero attached hydrogens (tertiary/aromatic N) is 2. The zero-order valence-corrected chi connectivity index (χ0v) is 20.0. The number of carboxylic acids is 1. The Kier molecular flexibility index (Phi) is 6.97. The quantitative estimate of drug-likeness (QED) is 0.423. The van der Waals surface area contributed by atoms with E-state index < -0.39 is 17.6 Å². The van der Waals surface area contributed by atoms with E-state index in [1.165, 1.54) is 11.3 Å². The molecule has 1 aromatic heterocycles. The SMILES string of the molecule is COc1ccc(C2(C(=O)N(CCC(F)c3ccccc3)Cc3nc(C(=O)O)c(C)s3)CC2)cc1. The zero-order valence-electron chi connectivity index (χ0n) is 19.2. The molecule has 0 saturated heterocycles. The lowest BCUT2D eigenvalue weighted by atomic mass is 9.94. The van der Waals surface area contributed by atoms with Gasteiger partial charge in [0, 0.05) is 17.8 Å². The Morgan fingerprint density at radius 3 is 2.41 bits per heavy atom. The number of aromatic carboxylic acids is 1. The topological polar surface area (TPSA) is 79.7 Å².